The topological polar surface area (TPSA) is 40.5 Å². The SMILES string of the molecule is C=C(CC[C@@H](C)[C@H]1CC[C@@]2(C)C3=C(CC[C@]12C)[C@@]1(C)CC[C@H](O)C[C@@H]1[C@@H](O)C3)C(C)C. The second-order valence-corrected chi connectivity index (χ2v) is 12.9. The summed E-state index contributed by atoms with van der Waals surface area (Å²) in [6.07, 6.45) is 10.6. The second kappa shape index (κ2) is 8.01. The summed E-state index contributed by atoms with van der Waals surface area (Å²) in [5.41, 5.74) is 5.37. The minimum absolute atomic E-state index is 0.0925. The molecule has 31 heavy (non-hydrogen) atoms. The van der Waals surface area contributed by atoms with Gasteiger partial charge in [-0.1, -0.05) is 64.8 Å². The van der Waals surface area contributed by atoms with Crippen LogP contribution < -0.4 is 0 Å². The number of fused-ring (bicyclic) bond motifs is 4. The molecular formula is C29H48O2. The molecule has 2 heteroatoms. The van der Waals surface area contributed by atoms with Crippen molar-refractivity contribution in [2.45, 2.75) is 118 Å². The molecule has 2 N–H and O–H groups in total. The Balaban J connectivity index is 1.62. The molecule has 0 unspecified atom stereocenters. The summed E-state index contributed by atoms with van der Waals surface area (Å²) in [5.74, 6) is 2.32. The predicted octanol–water partition coefficient (Wildman–Crippen LogP) is 7.06. The van der Waals surface area contributed by atoms with E-state index in [1.54, 1.807) is 11.1 Å². The average molecular weight is 429 g/mol. The Kier molecular flexibility index (Phi) is 6.09. The summed E-state index contributed by atoms with van der Waals surface area (Å²) >= 11 is 0. The molecule has 0 aromatic heterocycles. The van der Waals surface area contributed by atoms with Crippen molar-refractivity contribution in [3.63, 3.8) is 0 Å². The van der Waals surface area contributed by atoms with Gasteiger partial charge in [-0.15, -0.1) is 0 Å². The zero-order chi connectivity index (χ0) is 22.8. The molecule has 2 fully saturated rings. The van der Waals surface area contributed by atoms with Gasteiger partial charge in [0.15, 0.2) is 0 Å². The second-order valence-electron chi connectivity index (χ2n) is 12.9. The van der Waals surface area contributed by atoms with Crippen molar-refractivity contribution >= 4 is 0 Å². The largest absolute Gasteiger partial charge is 0.393 e. The number of hydrogen-bond donors (Lipinski definition) is 2. The van der Waals surface area contributed by atoms with Crippen molar-refractivity contribution in [2.24, 2.45) is 39.9 Å². The van der Waals surface area contributed by atoms with E-state index < -0.39 is 0 Å². The zero-order valence-corrected chi connectivity index (χ0v) is 21.1. The Hall–Kier alpha value is -0.600. The maximum absolute atomic E-state index is 11.3. The molecule has 0 amide bonds. The smallest absolute Gasteiger partial charge is 0.0615 e. The fourth-order valence-corrected chi connectivity index (χ4v) is 8.71. The Morgan fingerprint density at radius 3 is 2.42 bits per heavy atom. The molecule has 0 bridgehead atoms. The van der Waals surface area contributed by atoms with Crippen LogP contribution in [0.2, 0.25) is 0 Å². The molecule has 0 aromatic carbocycles. The van der Waals surface area contributed by atoms with Crippen LogP contribution in [0, 0.1) is 39.9 Å². The number of hydrogen-bond acceptors (Lipinski definition) is 2. The number of rotatable bonds is 5. The quantitative estimate of drug-likeness (QED) is 0.460. The summed E-state index contributed by atoms with van der Waals surface area (Å²) in [7, 11) is 0. The molecule has 8 atom stereocenters. The molecule has 2 saturated carbocycles. The van der Waals surface area contributed by atoms with Crippen molar-refractivity contribution in [1.82, 2.24) is 0 Å². The number of aliphatic hydroxyl groups excluding tert-OH is 2. The van der Waals surface area contributed by atoms with Crippen molar-refractivity contribution in [3.05, 3.63) is 23.3 Å². The van der Waals surface area contributed by atoms with Gasteiger partial charge in [-0.05, 0) is 104 Å². The summed E-state index contributed by atoms with van der Waals surface area (Å²) in [5, 5.41) is 21.6. The molecule has 4 aliphatic rings. The van der Waals surface area contributed by atoms with Gasteiger partial charge in [0, 0.05) is 0 Å². The fourth-order valence-electron chi connectivity index (χ4n) is 8.71. The van der Waals surface area contributed by atoms with Gasteiger partial charge in [-0.2, -0.15) is 0 Å². The van der Waals surface area contributed by atoms with Crippen LogP contribution in [0.5, 0.6) is 0 Å². The molecule has 0 heterocycles. The standard InChI is InChI=1S/C29H48O2/c1-18(2)19(3)8-9-20(4)22-11-14-29(7)24-17-26(31)25-16-21(30)10-13-27(25,5)23(24)12-15-28(22,29)6/h18,20-22,25-26,30-31H,3,8-17H2,1-2,4-7H3/t20-,21+,22-,25-,26+,27-,28-,29+/m1/s1. The van der Waals surface area contributed by atoms with Gasteiger partial charge in [-0.3, -0.25) is 0 Å². The maximum atomic E-state index is 11.3. The lowest BCUT2D eigenvalue weighted by Gasteiger charge is -2.59. The fraction of sp³-hybridized carbons (Fsp3) is 0.862. The highest BCUT2D eigenvalue weighted by Gasteiger charge is 2.62. The first-order valence-electron chi connectivity index (χ1n) is 13.2. The van der Waals surface area contributed by atoms with E-state index in [9.17, 15) is 10.2 Å². The van der Waals surface area contributed by atoms with Crippen LogP contribution in [0.1, 0.15) is 106 Å². The van der Waals surface area contributed by atoms with Crippen LogP contribution in [0.15, 0.2) is 23.3 Å². The first kappa shape index (κ1) is 23.6. The van der Waals surface area contributed by atoms with Gasteiger partial charge in [0.05, 0.1) is 12.2 Å². The molecule has 0 saturated heterocycles. The molecule has 0 radical (unpaired) electrons. The molecule has 2 nitrogen and oxygen atoms in total. The first-order valence-corrected chi connectivity index (χ1v) is 13.2. The summed E-state index contributed by atoms with van der Waals surface area (Å²) in [6, 6.07) is 0. The third-order valence-corrected chi connectivity index (χ3v) is 11.3. The third kappa shape index (κ3) is 3.50. The van der Waals surface area contributed by atoms with E-state index in [1.807, 2.05) is 0 Å². The van der Waals surface area contributed by atoms with E-state index in [1.165, 1.54) is 37.7 Å². The monoisotopic (exact) mass is 428 g/mol. The van der Waals surface area contributed by atoms with Gasteiger partial charge in [0.25, 0.3) is 0 Å². The predicted molar refractivity (Wildman–Crippen MR) is 130 cm³/mol. The molecule has 0 aromatic rings. The van der Waals surface area contributed by atoms with Crippen LogP contribution >= 0.6 is 0 Å². The Labute approximate surface area is 191 Å². The lowest BCUT2D eigenvalue weighted by Crippen LogP contribution is -2.53. The minimum atomic E-state index is -0.288. The Morgan fingerprint density at radius 2 is 1.74 bits per heavy atom. The first-order chi connectivity index (χ1) is 14.4. The average Bonchev–Trinajstić information content (AvgIpc) is 2.99. The van der Waals surface area contributed by atoms with E-state index in [2.05, 4.69) is 48.1 Å². The third-order valence-electron chi connectivity index (χ3n) is 11.3. The number of allylic oxidation sites excluding steroid dienone is 2. The van der Waals surface area contributed by atoms with Gasteiger partial charge < -0.3 is 10.2 Å². The van der Waals surface area contributed by atoms with Crippen LogP contribution in [0.4, 0.5) is 0 Å². The molecule has 4 aliphatic carbocycles. The van der Waals surface area contributed by atoms with Crippen LogP contribution in [-0.2, 0) is 0 Å². The summed E-state index contributed by atoms with van der Waals surface area (Å²) in [6.45, 7) is 18.9. The molecule has 176 valence electrons. The molecule has 4 rings (SSSR count). The van der Waals surface area contributed by atoms with Gasteiger partial charge in [-0.25, -0.2) is 0 Å². The van der Waals surface area contributed by atoms with Crippen molar-refractivity contribution in [3.8, 4) is 0 Å². The van der Waals surface area contributed by atoms with Crippen molar-refractivity contribution < 1.29 is 10.2 Å². The minimum Gasteiger partial charge on any atom is -0.393 e. The van der Waals surface area contributed by atoms with Crippen LogP contribution in [0.3, 0.4) is 0 Å². The lowest BCUT2D eigenvalue weighted by molar-refractivity contribution is -0.0606. The lowest BCUT2D eigenvalue weighted by atomic mass is 9.46. The Bertz CT molecular complexity index is 750. The molecular weight excluding hydrogens is 380 g/mol. The summed E-state index contributed by atoms with van der Waals surface area (Å²) in [4.78, 5) is 0. The van der Waals surface area contributed by atoms with E-state index in [0.717, 1.165) is 43.9 Å². The normalized spacial score (nSPS) is 45.8. The summed E-state index contributed by atoms with van der Waals surface area (Å²) < 4.78 is 0. The number of aliphatic hydroxyl groups is 2. The van der Waals surface area contributed by atoms with Gasteiger partial charge >= 0.3 is 0 Å². The van der Waals surface area contributed by atoms with Gasteiger partial charge in [0.2, 0.25) is 0 Å². The van der Waals surface area contributed by atoms with E-state index in [0.29, 0.717) is 11.3 Å². The maximum Gasteiger partial charge on any atom is 0.0615 e. The van der Waals surface area contributed by atoms with E-state index in [4.69, 9.17) is 0 Å². The Morgan fingerprint density at radius 1 is 1.03 bits per heavy atom. The van der Waals surface area contributed by atoms with Crippen LogP contribution in [0.25, 0.3) is 0 Å². The van der Waals surface area contributed by atoms with Crippen molar-refractivity contribution in [1.29, 1.82) is 0 Å². The van der Waals surface area contributed by atoms with Gasteiger partial charge in [0.1, 0.15) is 0 Å². The molecule has 0 spiro atoms. The van der Waals surface area contributed by atoms with E-state index >= 15 is 0 Å². The van der Waals surface area contributed by atoms with E-state index in [-0.39, 0.29) is 29.0 Å². The molecule has 0 aliphatic heterocycles. The van der Waals surface area contributed by atoms with Crippen LogP contribution in [-0.4, -0.2) is 22.4 Å². The highest BCUT2D eigenvalue weighted by atomic mass is 16.3. The zero-order valence-electron chi connectivity index (χ0n) is 21.1. The van der Waals surface area contributed by atoms with Crippen molar-refractivity contribution in [2.75, 3.05) is 0 Å². The highest BCUT2D eigenvalue weighted by molar-refractivity contribution is 5.39. The highest BCUT2D eigenvalue weighted by Crippen LogP contribution is 2.71.